The number of Topliss-reactive ketones (excluding diaryl/α,β-unsaturated/α-hetero) is 1. The Balaban J connectivity index is 1.89. The molecule has 2 aromatic rings. The van der Waals surface area contributed by atoms with Crippen LogP contribution >= 0.6 is 0 Å². The normalized spacial score (nSPS) is 15.4. The second-order valence-electron chi connectivity index (χ2n) is 8.19. The number of carbonyl (C=O) groups is 3. The predicted octanol–water partition coefficient (Wildman–Crippen LogP) is 3.33. The van der Waals surface area contributed by atoms with Crippen LogP contribution in [0.2, 0.25) is 0 Å². The van der Waals surface area contributed by atoms with Gasteiger partial charge in [-0.3, -0.25) is 9.59 Å². The fourth-order valence-corrected chi connectivity index (χ4v) is 4.30. The number of rotatable bonds is 9. The van der Waals surface area contributed by atoms with Gasteiger partial charge in [0.2, 0.25) is 0 Å². The summed E-state index contributed by atoms with van der Waals surface area (Å²) in [5.41, 5.74) is 2.49. The highest BCUT2D eigenvalue weighted by atomic mass is 16.5. The Morgan fingerprint density at radius 2 is 1.88 bits per heavy atom. The second-order valence-corrected chi connectivity index (χ2v) is 8.19. The highest BCUT2D eigenvalue weighted by molar-refractivity contribution is 6.06. The number of ether oxygens (including phenoxy) is 3. The summed E-state index contributed by atoms with van der Waals surface area (Å²) in [5, 5.41) is 0. The predicted molar refractivity (Wildman–Crippen MR) is 123 cm³/mol. The number of hydrogen-bond donors (Lipinski definition) is 0. The molecule has 1 aromatic heterocycles. The second kappa shape index (κ2) is 10.7. The van der Waals surface area contributed by atoms with Crippen LogP contribution in [-0.4, -0.2) is 66.6 Å². The lowest BCUT2D eigenvalue weighted by Gasteiger charge is -2.25. The summed E-state index contributed by atoms with van der Waals surface area (Å²) in [7, 11) is 3.30. The van der Waals surface area contributed by atoms with E-state index in [0.29, 0.717) is 47.0 Å². The summed E-state index contributed by atoms with van der Waals surface area (Å²) in [6.45, 7) is 6.38. The molecule has 0 bridgehead atoms. The minimum absolute atomic E-state index is 0.104. The molecule has 178 valence electrons. The largest absolute Gasteiger partial charge is 0.497 e. The van der Waals surface area contributed by atoms with E-state index in [1.165, 1.54) is 4.90 Å². The molecule has 8 nitrogen and oxygen atoms in total. The lowest BCUT2D eigenvalue weighted by atomic mass is 10.0. The molecular weight excluding hydrogens is 424 g/mol. The maximum atomic E-state index is 13.4. The smallest absolute Gasteiger partial charge is 0.355 e. The summed E-state index contributed by atoms with van der Waals surface area (Å²) >= 11 is 0. The number of amides is 1. The quantitative estimate of drug-likeness (QED) is 0.425. The summed E-state index contributed by atoms with van der Waals surface area (Å²) < 4.78 is 17.7. The lowest BCUT2D eigenvalue weighted by Crippen LogP contribution is -2.41. The van der Waals surface area contributed by atoms with Gasteiger partial charge in [0.15, 0.2) is 5.78 Å². The number of nitrogens with zero attached hydrogens (tertiary/aromatic N) is 2. The lowest BCUT2D eigenvalue weighted by molar-refractivity contribution is 0.0505. The minimum Gasteiger partial charge on any atom is -0.497 e. The molecule has 0 saturated carbocycles. The van der Waals surface area contributed by atoms with Crippen molar-refractivity contribution in [2.24, 2.45) is 7.05 Å². The number of methoxy groups -OCH3 is 1. The number of ketones is 1. The molecule has 0 spiro atoms. The Labute approximate surface area is 194 Å². The van der Waals surface area contributed by atoms with Crippen LogP contribution in [0, 0.1) is 13.8 Å². The molecule has 33 heavy (non-hydrogen) atoms. The molecule has 0 N–H and O–H groups in total. The van der Waals surface area contributed by atoms with Gasteiger partial charge in [0.25, 0.3) is 5.91 Å². The van der Waals surface area contributed by atoms with Crippen LogP contribution < -0.4 is 4.74 Å². The van der Waals surface area contributed by atoms with E-state index in [0.717, 1.165) is 12.8 Å². The van der Waals surface area contributed by atoms with E-state index in [9.17, 15) is 14.4 Å². The zero-order chi connectivity index (χ0) is 24.1. The highest BCUT2D eigenvalue weighted by Crippen LogP contribution is 2.24. The molecule has 3 rings (SSSR count). The molecule has 1 atom stereocenters. The minimum atomic E-state index is -0.467. The van der Waals surface area contributed by atoms with E-state index in [2.05, 4.69) is 0 Å². The van der Waals surface area contributed by atoms with E-state index in [1.54, 1.807) is 63.8 Å². The van der Waals surface area contributed by atoms with Gasteiger partial charge in [0.1, 0.15) is 11.4 Å². The van der Waals surface area contributed by atoms with Crippen LogP contribution in [0.25, 0.3) is 0 Å². The van der Waals surface area contributed by atoms with Crippen LogP contribution in [-0.2, 0) is 16.5 Å². The maximum absolute atomic E-state index is 13.4. The van der Waals surface area contributed by atoms with Gasteiger partial charge in [-0.1, -0.05) is 0 Å². The molecule has 1 aromatic carbocycles. The number of esters is 1. The number of aromatic nitrogens is 1. The van der Waals surface area contributed by atoms with Crippen LogP contribution in [0.3, 0.4) is 0 Å². The first-order valence-electron chi connectivity index (χ1n) is 11.2. The fourth-order valence-electron chi connectivity index (χ4n) is 4.30. The third-order valence-electron chi connectivity index (χ3n) is 6.08. The fraction of sp³-hybridized carbons (Fsp3) is 0.480. The zero-order valence-corrected chi connectivity index (χ0v) is 20.0. The van der Waals surface area contributed by atoms with Crippen molar-refractivity contribution in [1.82, 2.24) is 9.47 Å². The highest BCUT2D eigenvalue weighted by Gasteiger charge is 2.30. The van der Waals surface area contributed by atoms with Gasteiger partial charge in [-0.15, -0.1) is 0 Å². The molecule has 1 aliphatic heterocycles. The molecule has 2 heterocycles. The molecule has 0 aliphatic carbocycles. The standard InChI is InChI=1S/C25H32N2O6/c1-6-32-25(30)23-16(2)22(17(3)26(23)4)21(28)15-27(14-20-8-7-13-33-20)24(29)18-9-11-19(31-5)12-10-18/h9-12,20H,6-8,13-15H2,1-5H3. The average molecular weight is 457 g/mol. The van der Waals surface area contributed by atoms with Crippen molar-refractivity contribution in [2.45, 2.75) is 39.7 Å². The van der Waals surface area contributed by atoms with Gasteiger partial charge in [-0.05, 0) is 63.4 Å². The Morgan fingerprint density at radius 1 is 1.18 bits per heavy atom. The number of benzene rings is 1. The molecule has 1 fully saturated rings. The van der Waals surface area contributed by atoms with Gasteiger partial charge in [0.05, 0.1) is 26.4 Å². The monoisotopic (exact) mass is 456 g/mol. The molecule has 8 heteroatoms. The Morgan fingerprint density at radius 3 is 2.45 bits per heavy atom. The number of carbonyl (C=O) groups excluding carboxylic acids is 3. The summed E-state index contributed by atoms with van der Waals surface area (Å²) in [4.78, 5) is 40.7. The van der Waals surface area contributed by atoms with Gasteiger partial charge in [-0.2, -0.15) is 0 Å². The summed E-state index contributed by atoms with van der Waals surface area (Å²) in [6, 6.07) is 6.81. The van der Waals surface area contributed by atoms with Crippen LogP contribution in [0.15, 0.2) is 24.3 Å². The Kier molecular flexibility index (Phi) is 7.92. The average Bonchev–Trinajstić information content (AvgIpc) is 3.39. The van der Waals surface area contributed by atoms with Crippen LogP contribution in [0.5, 0.6) is 5.75 Å². The first kappa shape index (κ1) is 24.5. The van der Waals surface area contributed by atoms with Gasteiger partial charge in [-0.25, -0.2) is 4.79 Å². The molecule has 1 saturated heterocycles. The van der Waals surface area contributed by atoms with E-state index in [1.807, 2.05) is 0 Å². The van der Waals surface area contributed by atoms with Crippen LogP contribution in [0.4, 0.5) is 0 Å². The van der Waals surface area contributed by atoms with Crippen LogP contribution in [0.1, 0.15) is 62.2 Å². The first-order valence-corrected chi connectivity index (χ1v) is 11.2. The molecule has 0 radical (unpaired) electrons. The van der Waals surface area contributed by atoms with Crippen molar-refractivity contribution in [2.75, 3.05) is 33.4 Å². The molecule has 1 amide bonds. The van der Waals surface area contributed by atoms with E-state index in [4.69, 9.17) is 14.2 Å². The molecule has 1 aliphatic rings. The third kappa shape index (κ3) is 5.27. The summed E-state index contributed by atoms with van der Waals surface area (Å²) in [6.07, 6.45) is 1.67. The Hall–Kier alpha value is -3.13. The van der Waals surface area contributed by atoms with Crippen molar-refractivity contribution < 1.29 is 28.6 Å². The van der Waals surface area contributed by atoms with Crippen molar-refractivity contribution in [3.05, 3.63) is 52.3 Å². The van der Waals surface area contributed by atoms with Gasteiger partial charge < -0.3 is 23.7 Å². The van der Waals surface area contributed by atoms with Gasteiger partial charge >= 0.3 is 5.97 Å². The zero-order valence-electron chi connectivity index (χ0n) is 20.0. The molecular formula is C25H32N2O6. The Bertz CT molecular complexity index is 1020. The first-order chi connectivity index (χ1) is 15.8. The van der Waals surface area contributed by atoms with Crippen molar-refractivity contribution in [1.29, 1.82) is 0 Å². The summed E-state index contributed by atoms with van der Waals surface area (Å²) in [5.74, 6) is -0.296. The number of hydrogen-bond acceptors (Lipinski definition) is 6. The van der Waals surface area contributed by atoms with Crippen molar-refractivity contribution in [3.8, 4) is 5.75 Å². The SMILES string of the molecule is CCOC(=O)c1c(C)c(C(=O)CN(CC2CCCO2)C(=O)c2ccc(OC)cc2)c(C)n1C. The molecule has 1 unspecified atom stereocenters. The van der Waals surface area contributed by atoms with Gasteiger partial charge in [0, 0.05) is 37.0 Å². The third-order valence-corrected chi connectivity index (χ3v) is 6.08. The van der Waals surface area contributed by atoms with E-state index in [-0.39, 0.29) is 30.9 Å². The van der Waals surface area contributed by atoms with Crippen molar-refractivity contribution in [3.63, 3.8) is 0 Å². The topological polar surface area (TPSA) is 87.1 Å². The maximum Gasteiger partial charge on any atom is 0.355 e. The van der Waals surface area contributed by atoms with Crippen molar-refractivity contribution >= 4 is 17.7 Å². The van der Waals surface area contributed by atoms with E-state index >= 15 is 0 Å². The van der Waals surface area contributed by atoms with E-state index < -0.39 is 5.97 Å².